The van der Waals surface area contributed by atoms with Gasteiger partial charge in [0.05, 0.1) is 21.3 Å². The zero-order valence-electron chi connectivity index (χ0n) is 14.3. The van der Waals surface area contributed by atoms with Crippen LogP contribution < -0.4 is 25.3 Å². The number of halogens is 1. The average Bonchev–Trinajstić information content (AvgIpc) is 2.52. The van der Waals surface area contributed by atoms with Crippen molar-refractivity contribution in [3.63, 3.8) is 0 Å². The lowest BCUT2D eigenvalue weighted by atomic mass is 10.0. The van der Waals surface area contributed by atoms with Gasteiger partial charge in [-0.15, -0.1) is 12.4 Å². The van der Waals surface area contributed by atoms with Crippen molar-refractivity contribution in [2.75, 3.05) is 27.9 Å². The lowest BCUT2D eigenvalue weighted by molar-refractivity contribution is -0.124. The number of hydrogen-bond donors (Lipinski definition) is 2. The molecule has 7 heteroatoms. The van der Waals surface area contributed by atoms with Gasteiger partial charge in [0, 0.05) is 24.1 Å². The molecule has 0 aliphatic carbocycles. The fraction of sp³-hybridized carbons (Fsp3) is 0.562. The molecule has 0 saturated heterocycles. The molecule has 1 aromatic rings. The first-order chi connectivity index (χ1) is 10.5. The summed E-state index contributed by atoms with van der Waals surface area (Å²) in [6, 6.07) is 3.56. The predicted molar refractivity (Wildman–Crippen MR) is 92.9 cm³/mol. The first-order valence-corrected chi connectivity index (χ1v) is 7.27. The number of nitrogens with two attached hydrogens (primary N) is 1. The molecule has 23 heavy (non-hydrogen) atoms. The molecule has 0 spiro atoms. The lowest BCUT2D eigenvalue weighted by Crippen LogP contribution is -2.39. The van der Waals surface area contributed by atoms with Gasteiger partial charge in [-0.2, -0.15) is 0 Å². The fourth-order valence-corrected chi connectivity index (χ4v) is 2.08. The Balaban J connectivity index is 0.00000484. The van der Waals surface area contributed by atoms with Crippen molar-refractivity contribution >= 4 is 18.3 Å². The summed E-state index contributed by atoms with van der Waals surface area (Å²) < 4.78 is 16.0. The summed E-state index contributed by atoms with van der Waals surface area (Å²) in [5, 5.41) is 2.88. The molecule has 0 aliphatic heterocycles. The zero-order chi connectivity index (χ0) is 16.7. The molecule has 132 valence electrons. The van der Waals surface area contributed by atoms with Crippen molar-refractivity contribution in [2.24, 2.45) is 11.7 Å². The van der Waals surface area contributed by atoms with Crippen molar-refractivity contribution in [1.82, 2.24) is 5.32 Å². The summed E-state index contributed by atoms with van der Waals surface area (Å²) in [7, 11) is 4.72. The van der Waals surface area contributed by atoms with Gasteiger partial charge in [0.1, 0.15) is 0 Å². The van der Waals surface area contributed by atoms with Gasteiger partial charge in [-0.05, 0) is 19.4 Å². The van der Waals surface area contributed by atoms with Crippen LogP contribution in [0.15, 0.2) is 12.1 Å². The largest absolute Gasteiger partial charge is 0.493 e. The smallest absolute Gasteiger partial charge is 0.224 e. The number of amides is 1. The molecular weight excluding hydrogens is 320 g/mol. The summed E-state index contributed by atoms with van der Waals surface area (Å²) >= 11 is 0. The van der Waals surface area contributed by atoms with Crippen molar-refractivity contribution in [2.45, 2.75) is 26.3 Å². The summed E-state index contributed by atoms with van der Waals surface area (Å²) in [5.41, 5.74) is 6.66. The summed E-state index contributed by atoms with van der Waals surface area (Å²) in [6.07, 6.45) is 0.626. The maximum atomic E-state index is 11.9. The Morgan fingerprint density at radius 2 is 1.74 bits per heavy atom. The molecule has 0 radical (unpaired) electrons. The van der Waals surface area contributed by atoms with Crippen molar-refractivity contribution in [3.05, 3.63) is 17.7 Å². The monoisotopic (exact) mass is 346 g/mol. The molecule has 0 aromatic heterocycles. The SMILES string of the molecule is COc1ccc(CCNC(=O)C(C)C(C)N)c(OC)c1OC.Cl. The highest BCUT2D eigenvalue weighted by Gasteiger charge is 2.18. The predicted octanol–water partition coefficient (Wildman–Crippen LogP) is 1.78. The third-order valence-corrected chi connectivity index (χ3v) is 3.68. The fourth-order valence-electron chi connectivity index (χ4n) is 2.08. The number of hydrogen-bond acceptors (Lipinski definition) is 5. The molecule has 1 amide bonds. The second-order valence-electron chi connectivity index (χ2n) is 5.18. The highest BCUT2D eigenvalue weighted by Crippen LogP contribution is 2.39. The third-order valence-electron chi connectivity index (χ3n) is 3.68. The number of carbonyl (C=O) groups is 1. The van der Waals surface area contributed by atoms with E-state index in [2.05, 4.69) is 5.32 Å². The summed E-state index contributed by atoms with van der Waals surface area (Å²) in [4.78, 5) is 11.9. The van der Waals surface area contributed by atoms with Crippen LogP contribution in [0.1, 0.15) is 19.4 Å². The molecule has 2 atom stereocenters. The van der Waals surface area contributed by atoms with Crippen LogP contribution in [-0.2, 0) is 11.2 Å². The van der Waals surface area contributed by atoms with Gasteiger partial charge in [-0.25, -0.2) is 0 Å². The highest BCUT2D eigenvalue weighted by atomic mass is 35.5. The second-order valence-corrected chi connectivity index (χ2v) is 5.18. The minimum atomic E-state index is -0.215. The van der Waals surface area contributed by atoms with E-state index in [4.69, 9.17) is 19.9 Å². The van der Waals surface area contributed by atoms with Crippen LogP contribution in [0.4, 0.5) is 0 Å². The first-order valence-electron chi connectivity index (χ1n) is 7.27. The van der Waals surface area contributed by atoms with Crippen molar-refractivity contribution in [1.29, 1.82) is 0 Å². The van der Waals surface area contributed by atoms with E-state index in [1.165, 1.54) is 0 Å². The molecule has 0 bridgehead atoms. The molecule has 1 rings (SSSR count). The summed E-state index contributed by atoms with van der Waals surface area (Å²) in [6.45, 7) is 4.14. The maximum Gasteiger partial charge on any atom is 0.224 e. The Labute approximate surface area is 144 Å². The minimum absolute atomic E-state index is 0. The van der Waals surface area contributed by atoms with Crippen LogP contribution in [-0.4, -0.2) is 39.8 Å². The van der Waals surface area contributed by atoms with Gasteiger partial charge >= 0.3 is 0 Å². The molecule has 6 nitrogen and oxygen atoms in total. The van der Waals surface area contributed by atoms with Gasteiger partial charge in [0.25, 0.3) is 0 Å². The molecule has 0 aliphatic rings. The minimum Gasteiger partial charge on any atom is -0.493 e. The van der Waals surface area contributed by atoms with Gasteiger partial charge in [0.2, 0.25) is 11.7 Å². The molecular formula is C16H27ClN2O4. The van der Waals surface area contributed by atoms with Crippen molar-refractivity contribution < 1.29 is 19.0 Å². The van der Waals surface area contributed by atoms with Crippen LogP contribution in [0.3, 0.4) is 0 Å². The van der Waals surface area contributed by atoms with E-state index in [0.29, 0.717) is 30.2 Å². The number of benzene rings is 1. The topological polar surface area (TPSA) is 82.8 Å². The highest BCUT2D eigenvalue weighted by molar-refractivity contribution is 5.85. The normalized spacial score (nSPS) is 12.6. The van der Waals surface area contributed by atoms with Crippen LogP contribution in [0.25, 0.3) is 0 Å². The van der Waals surface area contributed by atoms with Crippen LogP contribution >= 0.6 is 12.4 Å². The van der Waals surface area contributed by atoms with Gasteiger partial charge < -0.3 is 25.3 Å². The Morgan fingerprint density at radius 3 is 2.22 bits per heavy atom. The molecule has 0 fully saturated rings. The van der Waals surface area contributed by atoms with Gasteiger partial charge in [-0.1, -0.05) is 13.0 Å². The number of ether oxygens (including phenoxy) is 3. The summed E-state index contributed by atoms with van der Waals surface area (Å²) in [5.74, 6) is 1.52. The molecule has 0 heterocycles. The number of nitrogens with one attached hydrogen (secondary N) is 1. The Bertz CT molecular complexity index is 509. The van der Waals surface area contributed by atoms with E-state index in [0.717, 1.165) is 5.56 Å². The molecule has 2 unspecified atom stereocenters. The lowest BCUT2D eigenvalue weighted by Gasteiger charge is -2.17. The standard InChI is InChI=1S/C16H26N2O4.ClH/c1-10(11(2)17)16(19)18-9-8-12-6-7-13(20-3)15(22-5)14(12)21-4;/h6-7,10-11H,8-9,17H2,1-5H3,(H,18,19);1H. The Kier molecular flexibility index (Phi) is 9.44. The van der Waals surface area contributed by atoms with E-state index in [9.17, 15) is 4.79 Å². The van der Waals surface area contributed by atoms with E-state index in [-0.39, 0.29) is 30.3 Å². The Morgan fingerprint density at radius 1 is 1.13 bits per heavy atom. The zero-order valence-corrected chi connectivity index (χ0v) is 15.2. The van der Waals surface area contributed by atoms with E-state index in [1.807, 2.05) is 26.0 Å². The third kappa shape index (κ3) is 5.48. The van der Waals surface area contributed by atoms with Crippen LogP contribution in [0.2, 0.25) is 0 Å². The second kappa shape index (κ2) is 10.2. The van der Waals surface area contributed by atoms with Gasteiger partial charge in [-0.3, -0.25) is 4.79 Å². The Hall–Kier alpha value is -1.66. The molecule has 3 N–H and O–H groups in total. The van der Waals surface area contributed by atoms with Gasteiger partial charge in [0.15, 0.2) is 11.5 Å². The molecule has 0 saturated carbocycles. The number of rotatable bonds is 8. The quantitative estimate of drug-likeness (QED) is 0.749. The number of methoxy groups -OCH3 is 3. The van der Waals surface area contributed by atoms with E-state index in [1.54, 1.807) is 21.3 Å². The molecule has 1 aromatic carbocycles. The van der Waals surface area contributed by atoms with Crippen LogP contribution in [0, 0.1) is 5.92 Å². The first kappa shape index (κ1) is 21.3. The van der Waals surface area contributed by atoms with E-state index >= 15 is 0 Å². The van der Waals surface area contributed by atoms with E-state index < -0.39 is 0 Å². The van der Waals surface area contributed by atoms with Crippen LogP contribution in [0.5, 0.6) is 17.2 Å². The van der Waals surface area contributed by atoms with Crippen molar-refractivity contribution in [3.8, 4) is 17.2 Å². The average molecular weight is 347 g/mol. The maximum absolute atomic E-state index is 11.9. The number of carbonyl (C=O) groups excluding carboxylic acids is 1.